The Labute approximate surface area is 161 Å². The van der Waals surface area contributed by atoms with Gasteiger partial charge in [-0.3, -0.25) is 4.98 Å². The fourth-order valence-corrected chi connectivity index (χ4v) is 2.75. The van der Waals surface area contributed by atoms with Crippen molar-refractivity contribution in [1.29, 1.82) is 0 Å². The Hall–Kier alpha value is -3.78. The average molecular weight is 373 g/mol. The Morgan fingerprint density at radius 3 is 2.75 bits per heavy atom. The molecule has 3 heterocycles. The largest absolute Gasteiger partial charge is 0.419 e. The van der Waals surface area contributed by atoms with Gasteiger partial charge in [-0.15, -0.1) is 0 Å². The van der Waals surface area contributed by atoms with E-state index >= 15 is 0 Å². The predicted octanol–water partition coefficient (Wildman–Crippen LogP) is 3.42. The van der Waals surface area contributed by atoms with E-state index in [0.717, 1.165) is 22.2 Å². The van der Waals surface area contributed by atoms with Crippen molar-refractivity contribution >= 4 is 22.5 Å². The fourth-order valence-electron chi connectivity index (χ4n) is 2.75. The number of benzene rings is 1. The van der Waals surface area contributed by atoms with Crippen molar-refractivity contribution in [3.63, 3.8) is 0 Å². The van der Waals surface area contributed by atoms with Crippen LogP contribution in [0.1, 0.15) is 11.3 Å². The minimum atomic E-state index is 0.322. The minimum absolute atomic E-state index is 0.322. The van der Waals surface area contributed by atoms with Crippen molar-refractivity contribution in [1.82, 2.24) is 19.9 Å². The van der Waals surface area contributed by atoms with E-state index in [4.69, 9.17) is 10.6 Å². The Balaban J connectivity index is 1.53. The van der Waals surface area contributed by atoms with Crippen molar-refractivity contribution in [2.45, 2.75) is 13.5 Å². The first-order valence-electron chi connectivity index (χ1n) is 8.74. The van der Waals surface area contributed by atoms with Crippen LogP contribution in [0, 0.1) is 6.92 Å². The van der Waals surface area contributed by atoms with Crippen molar-refractivity contribution < 1.29 is 4.74 Å². The summed E-state index contributed by atoms with van der Waals surface area (Å²) in [6, 6.07) is 15.6. The van der Waals surface area contributed by atoms with Gasteiger partial charge in [0, 0.05) is 29.9 Å². The highest BCUT2D eigenvalue weighted by atomic mass is 16.5. The van der Waals surface area contributed by atoms with Crippen molar-refractivity contribution in [2.75, 3.05) is 10.7 Å². The number of aromatic nitrogens is 4. The molecule has 140 valence electrons. The zero-order valence-corrected chi connectivity index (χ0v) is 15.3. The SMILES string of the molecule is Cc1cccc(Oc2cnc(NN)c(NCc3ccc4ncccc4c3)n2)n1. The predicted molar refractivity (Wildman–Crippen MR) is 108 cm³/mol. The molecular formula is C20H19N7O. The summed E-state index contributed by atoms with van der Waals surface area (Å²) in [6.07, 6.45) is 3.27. The topological polar surface area (TPSA) is 111 Å². The first-order chi connectivity index (χ1) is 13.7. The van der Waals surface area contributed by atoms with Gasteiger partial charge in [-0.1, -0.05) is 18.2 Å². The van der Waals surface area contributed by atoms with E-state index in [2.05, 4.69) is 36.7 Å². The summed E-state index contributed by atoms with van der Waals surface area (Å²) in [6.45, 7) is 2.44. The van der Waals surface area contributed by atoms with E-state index in [1.807, 2.05) is 43.3 Å². The molecule has 0 saturated carbocycles. The summed E-state index contributed by atoms with van der Waals surface area (Å²) in [5.74, 6) is 7.25. The van der Waals surface area contributed by atoms with Crippen LogP contribution in [0.5, 0.6) is 11.8 Å². The van der Waals surface area contributed by atoms with Gasteiger partial charge >= 0.3 is 0 Å². The lowest BCUT2D eigenvalue weighted by Crippen LogP contribution is -2.13. The molecule has 8 nitrogen and oxygen atoms in total. The van der Waals surface area contributed by atoms with E-state index in [-0.39, 0.29) is 0 Å². The van der Waals surface area contributed by atoms with Crippen LogP contribution in [0.2, 0.25) is 0 Å². The molecule has 0 aliphatic heterocycles. The molecule has 0 unspecified atom stereocenters. The number of hydrazine groups is 1. The second kappa shape index (κ2) is 7.85. The molecule has 0 fully saturated rings. The van der Waals surface area contributed by atoms with E-state index in [1.165, 1.54) is 6.20 Å². The van der Waals surface area contributed by atoms with Gasteiger partial charge in [0.05, 0.1) is 11.7 Å². The number of pyridine rings is 2. The van der Waals surface area contributed by atoms with Crippen LogP contribution in [-0.4, -0.2) is 19.9 Å². The summed E-state index contributed by atoms with van der Waals surface area (Å²) in [5.41, 5.74) is 5.44. The maximum atomic E-state index is 5.71. The number of hydrogen-bond donors (Lipinski definition) is 3. The van der Waals surface area contributed by atoms with Crippen LogP contribution in [-0.2, 0) is 6.54 Å². The molecule has 0 radical (unpaired) electrons. The Kier molecular flexibility index (Phi) is 4.94. The molecule has 4 rings (SSSR count). The molecule has 0 amide bonds. The third-order valence-electron chi connectivity index (χ3n) is 4.09. The van der Waals surface area contributed by atoms with Gasteiger partial charge in [0.1, 0.15) is 0 Å². The zero-order chi connectivity index (χ0) is 19.3. The Morgan fingerprint density at radius 2 is 1.89 bits per heavy atom. The molecule has 8 heteroatoms. The number of nitrogens with zero attached hydrogens (tertiary/aromatic N) is 4. The van der Waals surface area contributed by atoms with Gasteiger partial charge in [0.15, 0.2) is 11.6 Å². The number of ether oxygens (including phenoxy) is 1. The molecule has 3 aromatic heterocycles. The van der Waals surface area contributed by atoms with E-state index in [1.54, 1.807) is 12.3 Å². The lowest BCUT2D eigenvalue weighted by Gasteiger charge is -2.12. The number of aryl methyl sites for hydroxylation is 1. The number of nitrogens with one attached hydrogen (secondary N) is 2. The lowest BCUT2D eigenvalue weighted by atomic mass is 10.1. The highest BCUT2D eigenvalue weighted by Crippen LogP contribution is 2.23. The summed E-state index contributed by atoms with van der Waals surface area (Å²) >= 11 is 0. The summed E-state index contributed by atoms with van der Waals surface area (Å²) < 4.78 is 5.71. The van der Waals surface area contributed by atoms with Gasteiger partial charge < -0.3 is 15.5 Å². The molecule has 1 aromatic carbocycles. The molecule has 0 aliphatic carbocycles. The molecule has 4 aromatic rings. The van der Waals surface area contributed by atoms with E-state index in [0.29, 0.717) is 29.9 Å². The third kappa shape index (κ3) is 3.97. The monoisotopic (exact) mass is 373 g/mol. The van der Waals surface area contributed by atoms with Gasteiger partial charge in [-0.05, 0) is 36.8 Å². The van der Waals surface area contributed by atoms with Crippen LogP contribution in [0.25, 0.3) is 10.9 Å². The normalized spacial score (nSPS) is 10.6. The Bertz CT molecular complexity index is 1120. The minimum Gasteiger partial charge on any atom is -0.419 e. The zero-order valence-electron chi connectivity index (χ0n) is 15.3. The quantitative estimate of drug-likeness (QED) is 0.348. The average Bonchev–Trinajstić information content (AvgIpc) is 2.72. The standard InChI is InChI=1S/C20H19N7O/c1-13-4-2-6-17(25-13)28-18-12-24-20(27-21)19(26-18)23-11-14-7-8-16-15(10-14)5-3-9-22-16/h2-10,12H,11,21H2,1H3,(H,23,26)(H,24,27). The maximum Gasteiger partial charge on any atom is 0.241 e. The number of fused-ring (bicyclic) bond motifs is 1. The number of rotatable bonds is 6. The lowest BCUT2D eigenvalue weighted by molar-refractivity contribution is 0.442. The first-order valence-corrected chi connectivity index (χ1v) is 8.74. The second-order valence-corrected chi connectivity index (χ2v) is 6.15. The third-order valence-corrected chi connectivity index (χ3v) is 4.09. The highest BCUT2D eigenvalue weighted by Gasteiger charge is 2.09. The van der Waals surface area contributed by atoms with Crippen LogP contribution in [0.4, 0.5) is 11.6 Å². The van der Waals surface area contributed by atoms with E-state index < -0.39 is 0 Å². The summed E-state index contributed by atoms with van der Waals surface area (Å²) in [4.78, 5) is 17.3. The highest BCUT2D eigenvalue weighted by molar-refractivity contribution is 5.79. The van der Waals surface area contributed by atoms with Crippen molar-refractivity contribution in [3.05, 3.63) is 72.2 Å². The van der Waals surface area contributed by atoms with Crippen molar-refractivity contribution in [2.24, 2.45) is 5.84 Å². The van der Waals surface area contributed by atoms with Crippen LogP contribution < -0.4 is 21.3 Å². The van der Waals surface area contributed by atoms with Crippen LogP contribution in [0.15, 0.2) is 60.9 Å². The molecule has 0 aliphatic rings. The van der Waals surface area contributed by atoms with Crippen molar-refractivity contribution in [3.8, 4) is 11.8 Å². The number of nitrogen functional groups attached to an aromatic ring is 1. The smallest absolute Gasteiger partial charge is 0.241 e. The fraction of sp³-hybridized carbons (Fsp3) is 0.100. The molecule has 4 N–H and O–H groups in total. The maximum absolute atomic E-state index is 5.71. The summed E-state index contributed by atoms with van der Waals surface area (Å²) in [7, 11) is 0. The molecular weight excluding hydrogens is 354 g/mol. The number of hydrogen-bond acceptors (Lipinski definition) is 8. The molecule has 0 atom stereocenters. The second-order valence-electron chi connectivity index (χ2n) is 6.15. The van der Waals surface area contributed by atoms with E-state index in [9.17, 15) is 0 Å². The van der Waals surface area contributed by atoms with Gasteiger partial charge in [-0.25, -0.2) is 15.8 Å². The molecule has 0 bridgehead atoms. The summed E-state index contributed by atoms with van der Waals surface area (Å²) in [5, 5.41) is 4.32. The van der Waals surface area contributed by atoms with Crippen LogP contribution in [0.3, 0.4) is 0 Å². The molecule has 28 heavy (non-hydrogen) atoms. The van der Waals surface area contributed by atoms with Gasteiger partial charge in [0.2, 0.25) is 11.8 Å². The number of nitrogens with two attached hydrogens (primary N) is 1. The van der Waals surface area contributed by atoms with Gasteiger partial charge in [-0.2, -0.15) is 4.98 Å². The van der Waals surface area contributed by atoms with Gasteiger partial charge in [0.25, 0.3) is 0 Å². The first kappa shape index (κ1) is 17.6. The Morgan fingerprint density at radius 1 is 0.964 bits per heavy atom. The van der Waals surface area contributed by atoms with Crippen LogP contribution >= 0.6 is 0 Å². The molecule has 0 spiro atoms. The number of anilines is 2. The molecule has 0 saturated heterocycles.